The molecule has 0 saturated carbocycles. The van der Waals surface area contributed by atoms with Crippen LogP contribution in [-0.4, -0.2) is 49.1 Å². The molecule has 2 aromatic carbocycles. The number of alkyl halides is 3. The van der Waals surface area contributed by atoms with Crippen LogP contribution in [-0.2, 0) is 16.0 Å². The number of nitrogens with zero attached hydrogens (tertiary/aromatic N) is 2. The number of hydrogen-bond acceptors (Lipinski definition) is 4. The van der Waals surface area contributed by atoms with Gasteiger partial charge in [0.1, 0.15) is 11.9 Å². The van der Waals surface area contributed by atoms with Crippen molar-refractivity contribution in [2.75, 3.05) is 24.5 Å². The monoisotopic (exact) mass is 524 g/mol. The second kappa shape index (κ2) is 10.7. The molecule has 38 heavy (non-hydrogen) atoms. The number of anilines is 1. The minimum absolute atomic E-state index is 0.0335. The summed E-state index contributed by atoms with van der Waals surface area (Å²) in [6, 6.07) is 14.7. The number of hydrogen-bond donors (Lipinski definition) is 0. The molecular formula is C30H31F3N2O3. The lowest BCUT2D eigenvalue weighted by molar-refractivity contribution is -0.274. The van der Waals surface area contributed by atoms with E-state index in [1.165, 1.54) is 12.1 Å². The van der Waals surface area contributed by atoms with E-state index in [4.69, 9.17) is 4.74 Å². The number of epoxide rings is 1. The van der Waals surface area contributed by atoms with Crippen LogP contribution >= 0.6 is 0 Å². The summed E-state index contributed by atoms with van der Waals surface area (Å²) in [6.07, 6.45) is 3.13. The van der Waals surface area contributed by atoms with Crippen LogP contribution in [0.4, 0.5) is 18.9 Å². The second-order valence-electron chi connectivity index (χ2n) is 9.81. The first-order valence-electron chi connectivity index (χ1n) is 12.9. The van der Waals surface area contributed by atoms with Crippen LogP contribution < -0.4 is 9.64 Å². The number of ether oxygens (including phenoxy) is 2. The Kier molecular flexibility index (Phi) is 7.34. The number of carbonyl (C=O) groups excluding carboxylic acids is 1. The summed E-state index contributed by atoms with van der Waals surface area (Å²) in [5.74, 6) is 0.0848. The Morgan fingerprint density at radius 3 is 2.37 bits per heavy atom. The largest absolute Gasteiger partial charge is 0.573 e. The normalized spacial score (nSPS) is 22.2. The van der Waals surface area contributed by atoms with Crippen LogP contribution in [0.2, 0.25) is 0 Å². The lowest BCUT2D eigenvalue weighted by atomic mass is 9.89. The molecule has 0 aliphatic carbocycles. The molecule has 0 aromatic heterocycles. The zero-order chi connectivity index (χ0) is 26.9. The minimum Gasteiger partial charge on any atom is -0.406 e. The number of carbonyl (C=O) groups is 1. The fourth-order valence-corrected chi connectivity index (χ4v) is 5.45. The second-order valence-corrected chi connectivity index (χ2v) is 9.81. The summed E-state index contributed by atoms with van der Waals surface area (Å²) in [7, 11) is 0. The molecule has 5 nitrogen and oxygen atoms in total. The Hall–Kier alpha value is -3.52. The SMILES string of the molecule is C=CC1=C(/C=C\C)C2OC2N(CCc2ccc(N3CCC(c4ccc(OC(F)(F)F)cc4)CC3)cc2)C1=O. The quantitative estimate of drug-likeness (QED) is 0.390. The molecule has 2 fully saturated rings. The van der Waals surface area contributed by atoms with Crippen LogP contribution in [0.3, 0.4) is 0 Å². The fourth-order valence-electron chi connectivity index (χ4n) is 5.45. The highest BCUT2D eigenvalue weighted by molar-refractivity contribution is 5.99. The molecule has 8 heteroatoms. The van der Waals surface area contributed by atoms with Gasteiger partial charge in [-0.1, -0.05) is 49.1 Å². The molecule has 2 atom stereocenters. The maximum Gasteiger partial charge on any atom is 0.573 e. The maximum atomic E-state index is 13.0. The number of halogens is 3. The first-order chi connectivity index (χ1) is 18.3. The highest BCUT2D eigenvalue weighted by Crippen LogP contribution is 2.40. The minimum atomic E-state index is -4.68. The van der Waals surface area contributed by atoms with Gasteiger partial charge in [0.15, 0.2) is 6.23 Å². The average Bonchev–Trinajstić information content (AvgIpc) is 3.70. The van der Waals surface area contributed by atoms with Crippen LogP contribution in [0.5, 0.6) is 5.75 Å². The Labute approximate surface area is 220 Å². The van der Waals surface area contributed by atoms with Gasteiger partial charge in [-0.15, -0.1) is 13.2 Å². The number of allylic oxidation sites excluding steroid dienone is 1. The van der Waals surface area contributed by atoms with Gasteiger partial charge in [0, 0.05) is 30.9 Å². The molecule has 1 amide bonds. The molecule has 2 unspecified atom stereocenters. The number of benzene rings is 2. The van der Waals surface area contributed by atoms with E-state index in [-0.39, 0.29) is 24.0 Å². The molecule has 3 heterocycles. The van der Waals surface area contributed by atoms with Crippen molar-refractivity contribution in [1.29, 1.82) is 0 Å². The third kappa shape index (κ3) is 5.65. The van der Waals surface area contributed by atoms with E-state index < -0.39 is 6.36 Å². The molecule has 2 saturated heterocycles. The molecular weight excluding hydrogens is 493 g/mol. The van der Waals surface area contributed by atoms with E-state index >= 15 is 0 Å². The van der Waals surface area contributed by atoms with Gasteiger partial charge in [-0.3, -0.25) is 4.79 Å². The zero-order valence-electron chi connectivity index (χ0n) is 21.3. The van der Waals surface area contributed by atoms with Crippen molar-refractivity contribution >= 4 is 11.6 Å². The van der Waals surface area contributed by atoms with Gasteiger partial charge in [-0.05, 0) is 73.1 Å². The highest BCUT2D eigenvalue weighted by atomic mass is 19.4. The van der Waals surface area contributed by atoms with Crippen molar-refractivity contribution in [1.82, 2.24) is 4.90 Å². The van der Waals surface area contributed by atoms with Gasteiger partial charge in [0.25, 0.3) is 5.91 Å². The fraction of sp³-hybridized carbons (Fsp3) is 0.367. The van der Waals surface area contributed by atoms with Crippen molar-refractivity contribution in [3.63, 3.8) is 0 Å². The van der Waals surface area contributed by atoms with Crippen molar-refractivity contribution in [3.05, 3.63) is 95.6 Å². The molecule has 2 aromatic rings. The standard InChI is InChI=1S/C30H31F3N2O3/c1-3-5-26-25(4-2)28(36)35(29-27(26)37-29)19-14-20-6-10-23(11-7-20)34-17-15-22(16-18-34)21-8-12-24(13-9-21)38-30(31,32)33/h3-13,22,27,29H,2,14-19H2,1H3/b5-3-. The van der Waals surface area contributed by atoms with Gasteiger partial charge in [-0.2, -0.15) is 0 Å². The van der Waals surface area contributed by atoms with Crippen molar-refractivity contribution in [2.24, 2.45) is 0 Å². The van der Waals surface area contributed by atoms with E-state index in [0.29, 0.717) is 18.0 Å². The molecule has 0 N–H and O–H groups in total. The van der Waals surface area contributed by atoms with Gasteiger partial charge in [-0.25, -0.2) is 0 Å². The Morgan fingerprint density at radius 1 is 1.08 bits per heavy atom. The molecule has 5 rings (SSSR count). The molecule has 200 valence electrons. The van der Waals surface area contributed by atoms with E-state index in [0.717, 1.165) is 54.7 Å². The van der Waals surface area contributed by atoms with E-state index in [9.17, 15) is 18.0 Å². The Balaban J connectivity index is 1.13. The predicted octanol–water partition coefficient (Wildman–Crippen LogP) is 6.14. The molecule has 3 aliphatic heterocycles. The molecule has 0 radical (unpaired) electrons. The first-order valence-corrected chi connectivity index (χ1v) is 12.9. The summed E-state index contributed by atoms with van der Waals surface area (Å²) in [6.45, 7) is 8.07. The van der Waals surface area contributed by atoms with Crippen LogP contribution in [0.15, 0.2) is 84.5 Å². The topological polar surface area (TPSA) is 45.3 Å². The van der Waals surface area contributed by atoms with Gasteiger partial charge in [0.2, 0.25) is 0 Å². The van der Waals surface area contributed by atoms with Crippen LogP contribution in [0.25, 0.3) is 0 Å². The molecule has 0 bridgehead atoms. The van der Waals surface area contributed by atoms with Crippen molar-refractivity contribution in [2.45, 2.75) is 50.8 Å². The van der Waals surface area contributed by atoms with E-state index in [2.05, 4.69) is 40.5 Å². The number of rotatable bonds is 8. The first kappa shape index (κ1) is 26.1. The summed E-state index contributed by atoms with van der Waals surface area (Å²) < 4.78 is 47.0. The summed E-state index contributed by atoms with van der Waals surface area (Å²) >= 11 is 0. The smallest absolute Gasteiger partial charge is 0.406 e. The predicted molar refractivity (Wildman–Crippen MR) is 140 cm³/mol. The van der Waals surface area contributed by atoms with Gasteiger partial charge in [0.05, 0.1) is 0 Å². The molecule has 3 aliphatic rings. The highest BCUT2D eigenvalue weighted by Gasteiger charge is 2.52. The average molecular weight is 525 g/mol. The number of piperidine rings is 1. The van der Waals surface area contributed by atoms with Crippen LogP contribution in [0, 0.1) is 0 Å². The summed E-state index contributed by atoms with van der Waals surface area (Å²) in [5, 5.41) is 0. The van der Waals surface area contributed by atoms with E-state index in [1.807, 2.05) is 19.1 Å². The molecule has 0 spiro atoms. The van der Waals surface area contributed by atoms with Gasteiger partial charge < -0.3 is 19.3 Å². The summed E-state index contributed by atoms with van der Waals surface area (Å²) in [4.78, 5) is 17.1. The van der Waals surface area contributed by atoms with E-state index in [1.54, 1.807) is 23.1 Å². The number of fused-ring (bicyclic) bond motifs is 1. The number of amides is 1. The Bertz CT molecular complexity index is 1230. The summed E-state index contributed by atoms with van der Waals surface area (Å²) in [5.41, 5.74) is 4.86. The third-order valence-corrected chi connectivity index (χ3v) is 7.46. The lowest BCUT2D eigenvalue weighted by Gasteiger charge is -2.34. The third-order valence-electron chi connectivity index (χ3n) is 7.46. The zero-order valence-corrected chi connectivity index (χ0v) is 21.3. The van der Waals surface area contributed by atoms with Crippen LogP contribution in [0.1, 0.15) is 36.8 Å². The van der Waals surface area contributed by atoms with Gasteiger partial charge >= 0.3 is 6.36 Å². The lowest BCUT2D eigenvalue weighted by Crippen LogP contribution is -2.40. The van der Waals surface area contributed by atoms with Crippen molar-refractivity contribution < 1.29 is 27.4 Å². The van der Waals surface area contributed by atoms with Crippen molar-refractivity contribution in [3.8, 4) is 5.75 Å². The maximum absolute atomic E-state index is 13.0. The Morgan fingerprint density at radius 2 is 1.76 bits per heavy atom.